The van der Waals surface area contributed by atoms with Crippen molar-refractivity contribution < 1.29 is 0 Å². The number of nitrogens with zero attached hydrogens (tertiary/aromatic N) is 4. The van der Waals surface area contributed by atoms with E-state index < -0.39 is 0 Å². The van der Waals surface area contributed by atoms with Gasteiger partial charge in [-0.25, -0.2) is 15.8 Å². The van der Waals surface area contributed by atoms with Crippen LogP contribution in [0.2, 0.25) is 5.02 Å². The van der Waals surface area contributed by atoms with Crippen molar-refractivity contribution in [2.24, 2.45) is 12.9 Å². The van der Waals surface area contributed by atoms with Crippen LogP contribution in [-0.4, -0.2) is 19.7 Å². The Kier molecular flexibility index (Phi) is 3.96. The van der Waals surface area contributed by atoms with E-state index in [4.69, 9.17) is 22.4 Å². The molecule has 0 bridgehead atoms. The molecule has 0 atom stereocenters. The van der Waals surface area contributed by atoms with Gasteiger partial charge >= 0.3 is 0 Å². The molecular formula is C15H17ClN6. The van der Waals surface area contributed by atoms with E-state index in [-0.39, 0.29) is 0 Å². The Bertz CT molecular complexity index is 809. The van der Waals surface area contributed by atoms with Crippen LogP contribution in [0.3, 0.4) is 0 Å². The van der Waals surface area contributed by atoms with E-state index >= 15 is 0 Å². The normalized spacial score (nSPS) is 11.1. The molecule has 0 unspecified atom stereocenters. The maximum Gasteiger partial charge on any atom is 0.170 e. The zero-order chi connectivity index (χ0) is 15.7. The number of aryl methyl sites for hydroxylation is 2. The zero-order valence-corrected chi connectivity index (χ0v) is 13.2. The minimum Gasteiger partial charge on any atom is -0.307 e. The Morgan fingerprint density at radius 2 is 1.95 bits per heavy atom. The molecule has 114 valence electrons. The number of anilines is 1. The second kappa shape index (κ2) is 5.90. The van der Waals surface area contributed by atoms with Gasteiger partial charge < -0.3 is 5.43 Å². The van der Waals surface area contributed by atoms with Crippen LogP contribution < -0.4 is 11.3 Å². The van der Waals surface area contributed by atoms with Gasteiger partial charge in [-0.1, -0.05) is 24.9 Å². The van der Waals surface area contributed by atoms with Gasteiger partial charge in [-0.15, -0.1) is 0 Å². The van der Waals surface area contributed by atoms with E-state index in [2.05, 4.69) is 22.4 Å². The van der Waals surface area contributed by atoms with Crippen molar-refractivity contribution in [2.75, 3.05) is 5.43 Å². The molecular weight excluding hydrogens is 300 g/mol. The Morgan fingerprint density at radius 1 is 1.23 bits per heavy atom. The number of halogens is 1. The molecule has 0 aliphatic carbocycles. The molecule has 0 aliphatic heterocycles. The summed E-state index contributed by atoms with van der Waals surface area (Å²) in [5.74, 6) is 6.80. The minimum atomic E-state index is 0.562. The predicted octanol–water partition coefficient (Wildman–Crippen LogP) is 2.92. The van der Waals surface area contributed by atoms with Crippen LogP contribution in [0.4, 0.5) is 5.82 Å². The lowest BCUT2D eigenvalue weighted by atomic mass is 10.2. The third kappa shape index (κ3) is 2.51. The van der Waals surface area contributed by atoms with Crippen LogP contribution in [0.15, 0.2) is 24.3 Å². The van der Waals surface area contributed by atoms with Crippen molar-refractivity contribution in [3.8, 4) is 11.4 Å². The predicted molar refractivity (Wildman–Crippen MR) is 88.6 cm³/mol. The van der Waals surface area contributed by atoms with Crippen molar-refractivity contribution in [3.63, 3.8) is 0 Å². The number of nitrogen functional groups attached to an aromatic ring is 1. The lowest BCUT2D eigenvalue weighted by molar-refractivity contribution is 0.753. The molecule has 0 radical (unpaired) electrons. The Balaban J connectivity index is 2.24. The summed E-state index contributed by atoms with van der Waals surface area (Å²) in [5, 5.41) is 5.21. The highest BCUT2D eigenvalue weighted by atomic mass is 35.5. The number of benzene rings is 1. The number of hydrogen-bond acceptors (Lipinski definition) is 5. The molecule has 0 saturated heterocycles. The first kappa shape index (κ1) is 14.7. The van der Waals surface area contributed by atoms with E-state index in [1.54, 1.807) is 4.68 Å². The number of fused-ring (bicyclic) bond motifs is 1. The highest BCUT2D eigenvalue weighted by Gasteiger charge is 2.17. The lowest BCUT2D eigenvalue weighted by Crippen LogP contribution is -2.11. The van der Waals surface area contributed by atoms with Gasteiger partial charge in [-0.3, -0.25) is 4.68 Å². The van der Waals surface area contributed by atoms with Gasteiger partial charge in [0.25, 0.3) is 0 Å². The molecule has 0 saturated carbocycles. The first-order valence-corrected chi connectivity index (χ1v) is 7.48. The molecule has 3 N–H and O–H groups in total. The minimum absolute atomic E-state index is 0.562. The third-order valence-electron chi connectivity index (χ3n) is 3.48. The summed E-state index contributed by atoms with van der Waals surface area (Å²) in [5.41, 5.74) is 6.13. The smallest absolute Gasteiger partial charge is 0.170 e. The van der Waals surface area contributed by atoms with E-state index in [1.165, 1.54) is 0 Å². The largest absolute Gasteiger partial charge is 0.307 e. The molecule has 7 heteroatoms. The van der Waals surface area contributed by atoms with Gasteiger partial charge in [0, 0.05) is 17.6 Å². The van der Waals surface area contributed by atoms with Crippen LogP contribution in [0.1, 0.15) is 19.0 Å². The van der Waals surface area contributed by atoms with E-state index in [0.717, 1.165) is 35.1 Å². The number of hydrogen-bond donors (Lipinski definition) is 2. The number of hydrazine groups is 1. The third-order valence-corrected chi connectivity index (χ3v) is 3.73. The molecule has 22 heavy (non-hydrogen) atoms. The topological polar surface area (TPSA) is 81.7 Å². The molecule has 0 amide bonds. The molecule has 0 fully saturated rings. The second-order valence-electron chi connectivity index (χ2n) is 5.06. The van der Waals surface area contributed by atoms with Crippen LogP contribution in [0, 0.1) is 0 Å². The summed E-state index contributed by atoms with van der Waals surface area (Å²) < 4.78 is 1.77. The maximum atomic E-state index is 5.94. The molecule has 1 aromatic carbocycles. The number of nitrogens with one attached hydrogen (secondary N) is 1. The standard InChI is InChI=1S/C15H17ClN6/c1-3-4-11-12-13(22(2)21-11)15(20-17)19-14(18-12)9-5-7-10(16)8-6-9/h5-8H,3-4,17H2,1-2H3,(H,18,19,20). The van der Waals surface area contributed by atoms with Gasteiger partial charge in [0.15, 0.2) is 11.6 Å². The van der Waals surface area contributed by atoms with Crippen molar-refractivity contribution >= 4 is 28.5 Å². The van der Waals surface area contributed by atoms with Crippen LogP contribution in [-0.2, 0) is 13.5 Å². The maximum absolute atomic E-state index is 5.94. The quantitative estimate of drug-likeness (QED) is 0.571. The zero-order valence-electron chi connectivity index (χ0n) is 12.5. The number of nitrogens with two attached hydrogens (primary N) is 1. The first-order chi connectivity index (χ1) is 10.6. The molecule has 3 aromatic rings. The average Bonchev–Trinajstić information content (AvgIpc) is 2.84. The summed E-state index contributed by atoms with van der Waals surface area (Å²) in [6.07, 6.45) is 1.86. The second-order valence-corrected chi connectivity index (χ2v) is 5.50. The van der Waals surface area contributed by atoms with Crippen molar-refractivity contribution in [3.05, 3.63) is 35.0 Å². The SMILES string of the molecule is CCCc1nn(C)c2c(NN)nc(-c3ccc(Cl)cc3)nc12. The molecule has 2 aromatic heterocycles. The summed E-state index contributed by atoms with van der Waals surface area (Å²) in [6, 6.07) is 7.41. The van der Waals surface area contributed by atoms with Crippen molar-refractivity contribution in [2.45, 2.75) is 19.8 Å². The molecule has 2 heterocycles. The fourth-order valence-electron chi connectivity index (χ4n) is 2.47. The van der Waals surface area contributed by atoms with Gasteiger partial charge in [0.2, 0.25) is 0 Å². The average molecular weight is 317 g/mol. The fraction of sp³-hybridized carbons (Fsp3) is 0.267. The van der Waals surface area contributed by atoms with Gasteiger partial charge in [0.05, 0.1) is 5.69 Å². The first-order valence-electron chi connectivity index (χ1n) is 7.10. The van der Waals surface area contributed by atoms with Crippen molar-refractivity contribution in [1.29, 1.82) is 0 Å². The Labute approximate surface area is 133 Å². The van der Waals surface area contributed by atoms with Crippen LogP contribution in [0.5, 0.6) is 0 Å². The molecule has 6 nitrogen and oxygen atoms in total. The Morgan fingerprint density at radius 3 is 2.59 bits per heavy atom. The monoisotopic (exact) mass is 316 g/mol. The van der Waals surface area contributed by atoms with Crippen LogP contribution >= 0.6 is 11.6 Å². The van der Waals surface area contributed by atoms with E-state index in [9.17, 15) is 0 Å². The summed E-state index contributed by atoms with van der Waals surface area (Å²) in [4.78, 5) is 9.19. The van der Waals surface area contributed by atoms with Gasteiger partial charge in [-0.2, -0.15) is 5.10 Å². The van der Waals surface area contributed by atoms with Crippen molar-refractivity contribution in [1.82, 2.24) is 19.7 Å². The summed E-state index contributed by atoms with van der Waals surface area (Å²) >= 11 is 5.94. The van der Waals surface area contributed by atoms with E-state index in [0.29, 0.717) is 16.7 Å². The van der Waals surface area contributed by atoms with Gasteiger partial charge in [0.1, 0.15) is 11.0 Å². The summed E-state index contributed by atoms with van der Waals surface area (Å²) in [6.45, 7) is 2.11. The number of rotatable bonds is 4. The Hall–Kier alpha value is -2.18. The molecule has 3 rings (SSSR count). The molecule has 0 spiro atoms. The van der Waals surface area contributed by atoms with Gasteiger partial charge in [-0.05, 0) is 30.7 Å². The highest BCUT2D eigenvalue weighted by Crippen LogP contribution is 2.27. The fourth-order valence-corrected chi connectivity index (χ4v) is 2.60. The molecule has 0 aliphatic rings. The summed E-state index contributed by atoms with van der Waals surface area (Å²) in [7, 11) is 1.87. The number of aromatic nitrogens is 4. The highest BCUT2D eigenvalue weighted by molar-refractivity contribution is 6.30. The van der Waals surface area contributed by atoms with Crippen LogP contribution in [0.25, 0.3) is 22.4 Å². The van der Waals surface area contributed by atoms with E-state index in [1.807, 2.05) is 31.3 Å². The lowest BCUT2D eigenvalue weighted by Gasteiger charge is -2.07.